The molecular formula is C13H24ClN3O2S. The van der Waals surface area contributed by atoms with Crippen LogP contribution in [0.5, 0.6) is 0 Å². The van der Waals surface area contributed by atoms with Crippen LogP contribution in [0.2, 0.25) is 0 Å². The topological polar surface area (TPSA) is 55.2 Å². The van der Waals surface area contributed by atoms with E-state index < -0.39 is 10.0 Å². The van der Waals surface area contributed by atoms with Gasteiger partial charge in [0.05, 0.1) is 17.9 Å². The minimum atomic E-state index is -3.48. The zero-order valence-corrected chi connectivity index (χ0v) is 14.3. The summed E-state index contributed by atoms with van der Waals surface area (Å²) in [6.07, 6.45) is 1.83. The molecule has 0 aliphatic rings. The highest BCUT2D eigenvalue weighted by atomic mass is 35.5. The molecule has 0 unspecified atom stereocenters. The molecule has 0 aliphatic carbocycles. The van der Waals surface area contributed by atoms with Crippen molar-refractivity contribution in [3.63, 3.8) is 0 Å². The Balaban J connectivity index is 3.20. The summed E-state index contributed by atoms with van der Waals surface area (Å²) in [6, 6.07) is 0. The van der Waals surface area contributed by atoms with Gasteiger partial charge in [-0.05, 0) is 20.3 Å². The van der Waals surface area contributed by atoms with Gasteiger partial charge in [0.25, 0.3) is 0 Å². The molecule has 20 heavy (non-hydrogen) atoms. The lowest BCUT2D eigenvalue weighted by atomic mass is 10.3. The Morgan fingerprint density at radius 3 is 2.45 bits per heavy atom. The van der Waals surface area contributed by atoms with E-state index in [1.807, 2.05) is 6.92 Å². The Kier molecular flexibility index (Phi) is 6.48. The van der Waals surface area contributed by atoms with Gasteiger partial charge in [-0.15, -0.1) is 11.6 Å². The summed E-state index contributed by atoms with van der Waals surface area (Å²) in [4.78, 5) is 0.334. The van der Waals surface area contributed by atoms with E-state index in [1.54, 1.807) is 18.5 Å². The molecule has 1 aromatic rings. The fraction of sp³-hybridized carbons (Fsp3) is 0.769. The monoisotopic (exact) mass is 321 g/mol. The molecule has 0 fully saturated rings. The van der Waals surface area contributed by atoms with E-state index in [2.05, 4.69) is 12.0 Å². The van der Waals surface area contributed by atoms with Crippen LogP contribution >= 0.6 is 11.6 Å². The molecule has 1 heterocycles. The first-order valence-corrected chi connectivity index (χ1v) is 8.97. The third-order valence-corrected chi connectivity index (χ3v) is 5.72. The molecule has 0 spiro atoms. The first-order chi connectivity index (χ1) is 9.39. The number of aromatic nitrogens is 2. The molecule has 0 bridgehead atoms. The number of nitrogens with zero attached hydrogens (tertiary/aromatic N) is 3. The van der Waals surface area contributed by atoms with Crippen molar-refractivity contribution in [2.45, 2.75) is 52.0 Å². The van der Waals surface area contributed by atoms with Crippen molar-refractivity contribution in [1.82, 2.24) is 14.1 Å². The van der Waals surface area contributed by atoms with Crippen LogP contribution in [0.3, 0.4) is 0 Å². The summed E-state index contributed by atoms with van der Waals surface area (Å²) >= 11 is 5.72. The lowest BCUT2D eigenvalue weighted by molar-refractivity contribution is 0.418. The lowest BCUT2D eigenvalue weighted by Gasteiger charge is -2.20. The van der Waals surface area contributed by atoms with Gasteiger partial charge in [-0.2, -0.15) is 9.40 Å². The molecule has 1 rings (SSSR count). The molecule has 0 N–H and O–H groups in total. The Bertz CT molecular complexity index is 540. The number of sulfonamides is 1. The largest absolute Gasteiger partial charge is 0.267 e. The Labute approximate surface area is 127 Å². The molecule has 0 aromatic carbocycles. The summed E-state index contributed by atoms with van der Waals surface area (Å²) in [5.74, 6) is 0.411. The van der Waals surface area contributed by atoms with E-state index >= 15 is 0 Å². The van der Waals surface area contributed by atoms with Crippen molar-refractivity contribution < 1.29 is 8.42 Å². The molecule has 0 saturated heterocycles. The molecule has 0 saturated carbocycles. The molecule has 0 radical (unpaired) electrons. The normalized spacial score (nSPS) is 12.3. The van der Waals surface area contributed by atoms with Crippen LogP contribution < -0.4 is 0 Å². The quantitative estimate of drug-likeness (QED) is 0.691. The van der Waals surface area contributed by atoms with Crippen LogP contribution in [0, 0.1) is 13.8 Å². The first-order valence-electron chi connectivity index (χ1n) is 7.00. The zero-order valence-electron chi connectivity index (χ0n) is 12.7. The summed E-state index contributed by atoms with van der Waals surface area (Å²) < 4.78 is 28.7. The maximum absolute atomic E-state index is 12.8. The number of aryl methyl sites for hydroxylation is 2. The van der Waals surface area contributed by atoms with Gasteiger partial charge in [0, 0.05) is 19.0 Å². The summed E-state index contributed by atoms with van der Waals surface area (Å²) in [6.45, 7) is 8.98. The molecule has 116 valence electrons. The van der Waals surface area contributed by atoms with Gasteiger partial charge in [-0.1, -0.05) is 20.3 Å². The predicted molar refractivity (Wildman–Crippen MR) is 81.8 cm³/mol. The van der Waals surface area contributed by atoms with E-state index in [0.29, 0.717) is 41.8 Å². The van der Waals surface area contributed by atoms with Gasteiger partial charge >= 0.3 is 0 Å². The van der Waals surface area contributed by atoms with Crippen LogP contribution in [-0.4, -0.2) is 41.5 Å². The number of rotatable bonds is 8. The molecule has 5 nitrogen and oxygen atoms in total. The highest BCUT2D eigenvalue weighted by Gasteiger charge is 2.29. The van der Waals surface area contributed by atoms with Crippen LogP contribution in [0.4, 0.5) is 0 Å². The van der Waals surface area contributed by atoms with Gasteiger partial charge in [0.2, 0.25) is 10.0 Å². The second kappa shape index (κ2) is 7.43. The zero-order chi connectivity index (χ0) is 15.3. The van der Waals surface area contributed by atoms with E-state index in [0.717, 1.165) is 12.8 Å². The third kappa shape index (κ3) is 3.54. The molecule has 0 aliphatic heterocycles. The first kappa shape index (κ1) is 17.5. The van der Waals surface area contributed by atoms with Crippen molar-refractivity contribution in [2.24, 2.45) is 0 Å². The SMILES string of the molecule is CCCCN(CC)S(=O)(=O)c1c(C)nn(CCCl)c1C. The average molecular weight is 322 g/mol. The maximum atomic E-state index is 12.8. The van der Waals surface area contributed by atoms with Gasteiger partial charge in [-0.3, -0.25) is 4.68 Å². The fourth-order valence-corrected chi connectivity index (χ4v) is 4.28. The predicted octanol–water partition coefficient (Wildman–Crippen LogP) is 2.55. The van der Waals surface area contributed by atoms with Crippen molar-refractivity contribution in [3.05, 3.63) is 11.4 Å². The van der Waals surface area contributed by atoms with Gasteiger partial charge in [0.1, 0.15) is 4.90 Å². The van der Waals surface area contributed by atoms with E-state index in [4.69, 9.17) is 11.6 Å². The standard InChI is InChI=1S/C13H24ClN3O2S/c1-5-7-9-16(6-2)20(18,19)13-11(3)15-17(10-8-14)12(13)4/h5-10H2,1-4H3. The van der Waals surface area contributed by atoms with E-state index in [-0.39, 0.29) is 0 Å². The van der Waals surface area contributed by atoms with Crippen molar-refractivity contribution >= 4 is 21.6 Å². The smallest absolute Gasteiger partial charge is 0.246 e. The van der Waals surface area contributed by atoms with E-state index in [9.17, 15) is 8.42 Å². The Hall–Kier alpha value is -0.590. The van der Waals surface area contributed by atoms with Crippen molar-refractivity contribution in [2.75, 3.05) is 19.0 Å². The maximum Gasteiger partial charge on any atom is 0.246 e. The number of hydrogen-bond donors (Lipinski definition) is 0. The highest BCUT2D eigenvalue weighted by molar-refractivity contribution is 7.89. The van der Waals surface area contributed by atoms with Crippen LogP contribution in [0.25, 0.3) is 0 Å². The van der Waals surface area contributed by atoms with Crippen LogP contribution in [0.15, 0.2) is 4.90 Å². The summed E-state index contributed by atoms with van der Waals surface area (Å²) in [7, 11) is -3.48. The minimum absolute atomic E-state index is 0.334. The average Bonchev–Trinajstić information content (AvgIpc) is 2.66. The number of unbranched alkanes of at least 4 members (excludes halogenated alkanes) is 1. The third-order valence-electron chi connectivity index (χ3n) is 3.32. The van der Waals surface area contributed by atoms with Gasteiger partial charge in [0.15, 0.2) is 0 Å². The number of alkyl halides is 1. The van der Waals surface area contributed by atoms with Crippen LogP contribution in [-0.2, 0) is 16.6 Å². The number of halogens is 1. The molecular weight excluding hydrogens is 298 g/mol. The fourth-order valence-electron chi connectivity index (χ4n) is 2.26. The van der Waals surface area contributed by atoms with Crippen molar-refractivity contribution in [1.29, 1.82) is 0 Å². The van der Waals surface area contributed by atoms with Gasteiger partial charge in [-0.25, -0.2) is 8.42 Å². The minimum Gasteiger partial charge on any atom is -0.267 e. The van der Waals surface area contributed by atoms with Crippen LogP contribution in [0.1, 0.15) is 38.1 Å². The lowest BCUT2D eigenvalue weighted by Crippen LogP contribution is -2.32. The Morgan fingerprint density at radius 2 is 1.95 bits per heavy atom. The van der Waals surface area contributed by atoms with Crippen molar-refractivity contribution in [3.8, 4) is 0 Å². The van der Waals surface area contributed by atoms with Gasteiger partial charge < -0.3 is 0 Å². The van der Waals surface area contributed by atoms with E-state index in [1.165, 1.54) is 4.31 Å². The summed E-state index contributed by atoms with van der Waals surface area (Å²) in [5, 5.41) is 4.29. The molecule has 0 amide bonds. The highest BCUT2D eigenvalue weighted by Crippen LogP contribution is 2.23. The molecule has 0 atom stereocenters. The summed E-state index contributed by atoms with van der Waals surface area (Å²) in [5.41, 5.74) is 1.21. The second-order valence-corrected chi connectivity index (χ2v) is 7.02. The number of hydrogen-bond acceptors (Lipinski definition) is 3. The molecule has 1 aromatic heterocycles. The Morgan fingerprint density at radius 1 is 1.30 bits per heavy atom. The molecule has 7 heteroatoms. The second-order valence-electron chi connectivity index (χ2n) is 4.76.